The fourth-order valence-corrected chi connectivity index (χ4v) is 2.22. The highest BCUT2D eigenvalue weighted by Crippen LogP contribution is 2.32. The molecule has 1 saturated heterocycles. The number of halogens is 1. The lowest BCUT2D eigenvalue weighted by molar-refractivity contribution is 0.279. The molecule has 2 N–H and O–H groups in total. The van der Waals surface area contributed by atoms with Crippen molar-refractivity contribution < 1.29 is 0 Å². The van der Waals surface area contributed by atoms with Gasteiger partial charge in [-0.15, -0.1) is 0 Å². The quantitative estimate of drug-likeness (QED) is 0.767. The van der Waals surface area contributed by atoms with Crippen LogP contribution in [-0.2, 0) is 0 Å². The number of anilines is 2. The lowest BCUT2D eigenvalue weighted by Crippen LogP contribution is -2.37. The molecule has 3 nitrogen and oxygen atoms in total. The monoisotopic (exact) mass is 239 g/mol. The normalized spacial score (nSPS) is 19.8. The highest BCUT2D eigenvalue weighted by molar-refractivity contribution is 6.29. The van der Waals surface area contributed by atoms with E-state index in [1.807, 2.05) is 6.07 Å². The first-order valence-corrected chi connectivity index (χ1v) is 6.02. The van der Waals surface area contributed by atoms with Crippen molar-refractivity contribution in [1.29, 1.82) is 0 Å². The fourth-order valence-electron chi connectivity index (χ4n) is 2.01. The largest absolute Gasteiger partial charge is 0.399 e. The van der Waals surface area contributed by atoms with Crippen LogP contribution in [0.1, 0.15) is 26.7 Å². The number of nitrogens with zero attached hydrogens (tertiary/aromatic N) is 2. The van der Waals surface area contributed by atoms with E-state index in [4.69, 9.17) is 17.3 Å². The van der Waals surface area contributed by atoms with E-state index in [1.54, 1.807) is 6.07 Å². The molecule has 0 aliphatic carbocycles. The Morgan fingerprint density at radius 1 is 1.31 bits per heavy atom. The second kappa shape index (κ2) is 4.13. The minimum Gasteiger partial charge on any atom is -0.399 e. The molecule has 1 aromatic heterocycles. The number of pyridine rings is 1. The van der Waals surface area contributed by atoms with Crippen molar-refractivity contribution in [3.8, 4) is 0 Å². The Morgan fingerprint density at radius 2 is 1.94 bits per heavy atom. The van der Waals surface area contributed by atoms with E-state index in [0.717, 1.165) is 18.9 Å². The van der Waals surface area contributed by atoms with Crippen LogP contribution in [0.25, 0.3) is 0 Å². The zero-order chi connectivity index (χ0) is 11.8. The molecule has 0 amide bonds. The van der Waals surface area contributed by atoms with Crippen LogP contribution >= 0.6 is 11.6 Å². The summed E-state index contributed by atoms with van der Waals surface area (Å²) in [7, 11) is 0. The Hall–Kier alpha value is -0.960. The van der Waals surface area contributed by atoms with Crippen LogP contribution in [0, 0.1) is 5.41 Å². The van der Waals surface area contributed by atoms with Gasteiger partial charge in [-0.1, -0.05) is 25.4 Å². The Labute approximate surface area is 102 Å². The van der Waals surface area contributed by atoms with Crippen LogP contribution in [0.4, 0.5) is 11.5 Å². The van der Waals surface area contributed by atoms with Crippen molar-refractivity contribution in [2.45, 2.75) is 26.7 Å². The molecule has 0 unspecified atom stereocenters. The van der Waals surface area contributed by atoms with Crippen LogP contribution in [-0.4, -0.2) is 18.1 Å². The molecule has 1 fully saturated rings. The summed E-state index contributed by atoms with van der Waals surface area (Å²) in [6.07, 6.45) is 2.36. The van der Waals surface area contributed by atoms with E-state index in [2.05, 4.69) is 23.7 Å². The summed E-state index contributed by atoms with van der Waals surface area (Å²) >= 11 is 5.91. The second-order valence-electron chi connectivity index (χ2n) is 5.23. The molecule has 0 bridgehead atoms. The Balaban J connectivity index is 2.14. The minimum absolute atomic E-state index is 0.445. The lowest BCUT2D eigenvalue weighted by Gasteiger charge is -2.37. The van der Waals surface area contributed by atoms with Crippen LogP contribution < -0.4 is 10.6 Å². The van der Waals surface area contributed by atoms with Gasteiger partial charge in [-0.3, -0.25) is 0 Å². The maximum Gasteiger partial charge on any atom is 0.133 e. The number of hydrogen-bond acceptors (Lipinski definition) is 3. The first-order valence-electron chi connectivity index (χ1n) is 5.64. The van der Waals surface area contributed by atoms with Gasteiger partial charge in [-0.25, -0.2) is 4.98 Å². The fraction of sp³-hybridized carbons (Fsp3) is 0.583. The van der Waals surface area contributed by atoms with Crippen LogP contribution in [0.5, 0.6) is 0 Å². The SMILES string of the molecule is CC1(C)CCN(c2cc(N)cc(Cl)n2)CC1. The molecule has 2 heterocycles. The van der Waals surface area contributed by atoms with Crippen LogP contribution in [0.2, 0.25) is 5.15 Å². The van der Waals surface area contributed by atoms with Crippen molar-refractivity contribution in [3.05, 3.63) is 17.3 Å². The molecule has 1 aromatic rings. The third-order valence-corrected chi connectivity index (χ3v) is 3.44. The van der Waals surface area contributed by atoms with Crippen molar-refractivity contribution in [1.82, 2.24) is 4.98 Å². The van der Waals surface area contributed by atoms with Crippen LogP contribution in [0.3, 0.4) is 0 Å². The molecule has 0 saturated carbocycles. The van der Waals surface area contributed by atoms with Crippen molar-refractivity contribution in [2.75, 3.05) is 23.7 Å². The van der Waals surface area contributed by atoms with Gasteiger partial charge in [0.05, 0.1) is 0 Å². The van der Waals surface area contributed by atoms with E-state index in [9.17, 15) is 0 Å². The molecule has 0 aromatic carbocycles. The molecule has 0 atom stereocenters. The lowest BCUT2D eigenvalue weighted by atomic mass is 9.83. The summed E-state index contributed by atoms with van der Waals surface area (Å²) < 4.78 is 0. The first-order chi connectivity index (χ1) is 7.46. The topological polar surface area (TPSA) is 42.1 Å². The van der Waals surface area contributed by atoms with Gasteiger partial charge < -0.3 is 10.6 Å². The van der Waals surface area contributed by atoms with Gasteiger partial charge in [0.1, 0.15) is 11.0 Å². The van der Waals surface area contributed by atoms with Gasteiger partial charge in [0, 0.05) is 24.8 Å². The van der Waals surface area contributed by atoms with E-state index in [-0.39, 0.29) is 0 Å². The van der Waals surface area contributed by atoms with Gasteiger partial charge in [0.2, 0.25) is 0 Å². The average Bonchev–Trinajstić information content (AvgIpc) is 2.15. The third-order valence-electron chi connectivity index (χ3n) is 3.24. The maximum atomic E-state index is 5.91. The summed E-state index contributed by atoms with van der Waals surface area (Å²) in [5.74, 6) is 0.903. The minimum atomic E-state index is 0.445. The van der Waals surface area contributed by atoms with Crippen molar-refractivity contribution in [2.24, 2.45) is 5.41 Å². The number of aromatic nitrogens is 1. The van der Waals surface area contributed by atoms with Gasteiger partial charge in [0.25, 0.3) is 0 Å². The summed E-state index contributed by atoms with van der Waals surface area (Å²) in [6.45, 7) is 6.67. The van der Waals surface area contributed by atoms with Gasteiger partial charge in [-0.05, 0) is 24.3 Å². The maximum absolute atomic E-state index is 5.91. The predicted molar refractivity (Wildman–Crippen MR) is 68.9 cm³/mol. The molecule has 0 spiro atoms. The van der Waals surface area contributed by atoms with E-state index < -0.39 is 0 Å². The molecule has 1 aliphatic rings. The predicted octanol–water partition coefficient (Wildman–Crippen LogP) is 2.94. The molecule has 1 aliphatic heterocycles. The zero-order valence-corrected chi connectivity index (χ0v) is 10.6. The Kier molecular flexibility index (Phi) is 2.98. The summed E-state index contributed by atoms with van der Waals surface area (Å²) in [5, 5.41) is 0.472. The molecule has 2 rings (SSSR count). The van der Waals surface area contributed by atoms with Gasteiger partial charge in [-0.2, -0.15) is 0 Å². The van der Waals surface area contributed by atoms with Gasteiger partial charge in [0.15, 0.2) is 0 Å². The number of rotatable bonds is 1. The Morgan fingerprint density at radius 3 is 2.50 bits per heavy atom. The molecule has 4 heteroatoms. The summed E-state index contributed by atoms with van der Waals surface area (Å²) in [4.78, 5) is 6.57. The summed E-state index contributed by atoms with van der Waals surface area (Å²) in [6, 6.07) is 3.57. The number of nitrogens with two attached hydrogens (primary N) is 1. The van der Waals surface area contributed by atoms with Crippen molar-refractivity contribution in [3.63, 3.8) is 0 Å². The molecule has 16 heavy (non-hydrogen) atoms. The highest BCUT2D eigenvalue weighted by atomic mass is 35.5. The third kappa shape index (κ3) is 2.59. The number of nitrogen functional groups attached to an aromatic ring is 1. The number of hydrogen-bond donors (Lipinski definition) is 1. The van der Waals surface area contributed by atoms with E-state index in [1.165, 1.54) is 12.8 Å². The molecular weight excluding hydrogens is 222 g/mol. The molecular formula is C12H18ClN3. The van der Waals surface area contributed by atoms with Crippen LogP contribution in [0.15, 0.2) is 12.1 Å². The molecule has 0 radical (unpaired) electrons. The summed E-state index contributed by atoms with van der Waals surface area (Å²) in [5.41, 5.74) is 6.89. The first kappa shape index (κ1) is 11.5. The van der Waals surface area contributed by atoms with Crippen molar-refractivity contribution >= 4 is 23.1 Å². The second-order valence-corrected chi connectivity index (χ2v) is 5.62. The van der Waals surface area contributed by atoms with Gasteiger partial charge >= 0.3 is 0 Å². The average molecular weight is 240 g/mol. The smallest absolute Gasteiger partial charge is 0.133 e. The zero-order valence-electron chi connectivity index (χ0n) is 9.83. The Bertz CT molecular complexity index is 360. The highest BCUT2D eigenvalue weighted by Gasteiger charge is 2.26. The van der Waals surface area contributed by atoms with E-state index in [0.29, 0.717) is 16.3 Å². The standard InChI is InChI=1S/C12H18ClN3/c1-12(2)3-5-16(6-4-12)11-8-9(14)7-10(13)15-11/h7-8H,3-6H2,1-2H3,(H2,14,15). The van der Waals surface area contributed by atoms with E-state index >= 15 is 0 Å². The number of piperidine rings is 1. The molecule has 88 valence electrons.